The van der Waals surface area contributed by atoms with E-state index < -0.39 is 60.0 Å². The third-order valence-corrected chi connectivity index (χ3v) is 5.31. The van der Waals surface area contributed by atoms with Crippen molar-refractivity contribution in [3.05, 3.63) is 0 Å². The maximum absolute atomic E-state index is 10.6. The molecule has 3 saturated heterocycles. The highest BCUT2D eigenvalue weighted by Crippen LogP contribution is 2.59. The van der Waals surface area contributed by atoms with Gasteiger partial charge in [0, 0.05) is 0 Å². The molecule has 4 aliphatic heterocycles. The smallest absolute Gasteiger partial charge is 0.311 e. The molecule has 5 rings (SSSR count). The molecular weight excluding hydrogens is 318 g/mol. The van der Waals surface area contributed by atoms with Crippen molar-refractivity contribution in [3.63, 3.8) is 0 Å². The lowest BCUT2D eigenvalue weighted by atomic mass is 9.54. The maximum Gasteiger partial charge on any atom is 0.311 e. The summed E-state index contributed by atoms with van der Waals surface area (Å²) in [6, 6.07) is 0. The molecule has 9 atom stereocenters. The van der Waals surface area contributed by atoms with Gasteiger partial charge in [0.25, 0.3) is 0 Å². The summed E-state index contributed by atoms with van der Waals surface area (Å²) in [5, 5.41) is 73.9. The van der Waals surface area contributed by atoms with Crippen LogP contribution in [-0.2, 0) is 9.47 Å². The fourth-order valence-electron chi connectivity index (χ4n) is 4.29. The second-order valence-corrected chi connectivity index (χ2v) is 6.33. The molecule has 10 N–H and O–H groups in total. The van der Waals surface area contributed by atoms with E-state index in [1.807, 2.05) is 0 Å². The number of aliphatic hydroxyl groups excluding tert-OH is 4. The predicted octanol–water partition coefficient (Wildman–Crippen LogP) is -6.20. The normalized spacial score (nSPS) is 60.4. The summed E-state index contributed by atoms with van der Waals surface area (Å²) < 4.78 is 10.1. The van der Waals surface area contributed by atoms with Gasteiger partial charge >= 0.3 is 5.97 Å². The Kier molecular flexibility index (Phi) is 2.76. The second kappa shape index (κ2) is 4.11. The Labute approximate surface area is 128 Å². The van der Waals surface area contributed by atoms with Crippen LogP contribution in [0.2, 0.25) is 0 Å². The number of ether oxygens (including phenoxy) is 2. The number of aliphatic hydroxyl groups is 7. The zero-order valence-corrected chi connectivity index (χ0v) is 11.5. The molecule has 0 aromatic heterocycles. The monoisotopic (exact) mass is 335 g/mol. The van der Waals surface area contributed by atoms with Gasteiger partial charge in [-0.05, 0) is 0 Å². The maximum atomic E-state index is 10.6. The molecule has 130 valence electrons. The first-order valence-electron chi connectivity index (χ1n) is 6.91. The van der Waals surface area contributed by atoms with Crippen molar-refractivity contribution in [1.29, 1.82) is 0 Å². The van der Waals surface area contributed by atoms with Gasteiger partial charge in [0.05, 0.1) is 5.92 Å². The highest BCUT2D eigenvalue weighted by atomic mass is 16.9. The summed E-state index contributed by atoms with van der Waals surface area (Å²) in [5.74, 6) is -4.31. The highest BCUT2D eigenvalue weighted by molar-refractivity contribution is 5.80. The lowest BCUT2D eigenvalue weighted by Gasteiger charge is -2.71. The standard InChI is InChI=1S/C11H17N3O9/c12-8-13-5(16)1-3-10(20,7(18)19)4-2(15)9(1,14-8)6(17)11(21,22-3)23-4/h1-7,15-21H,(H3,12,13,14)/t1-,2+,3+,4-,5+,6-,9+,10-,11-/m0/s1. The summed E-state index contributed by atoms with van der Waals surface area (Å²) in [6.07, 6.45) is -11.1. The molecule has 4 bridgehead atoms. The molecule has 0 radical (unpaired) electrons. The predicted molar refractivity (Wildman–Crippen MR) is 66.9 cm³/mol. The first kappa shape index (κ1) is 15.4. The van der Waals surface area contributed by atoms with Crippen molar-refractivity contribution in [2.24, 2.45) is 16.6 Å². The molecule has 4 heterocycles. The Morgan fingerprint density at radius 3 is 2.35 bits per heavy atom. The molecule has 0 unspecified atom stereocenters. The van der Waals surface area contributed by atoms with E-state index in [4.69, 9.17) is 15.2 Å². The number of hydrogen-bond donors (Lipinski definition) is 9. The van der Waals surface area contributed by atoms with Crippen LogP contribution in [0.5, 0.6) is 0 Å². The summed E-state index contributed by atoms with van der Waals surface area (Å²) in [6.45, 7) is 0. The number of rotatable bonds is 1. The van der Waals surface area contributed by atoms with E-state index in [1.165, 1.54) is 0 Å². The highest BCUT2D eigenvalue weighted by Gasteiger charge is 2.84. The first-order valence-corrected chi connectivity index (χ1v) is 6.91. The molecule has 1 spiro atoms. The van der Waals surface area contributed by atoms with Crippen molar-refractivity contribution < 1.29 is 45.2 Å². The molecule has 23 heavy (non-hydrogen) atoms. The van der Waals surface area contributed by atoms with E-state index in [9.17, 15) is 35.7 Å². The number of hydrogen-bond acceptors (Lipinski definition) is 12. The number of nitrogens with zero attached hydrogens (tertiary/aromatic N) is 1. The van der Waals surface area contributed by atoms with Crippen LogP contribution in [0.1, 0.15) is 0 Å². The minimum absolute atomic E-state index is 0.314. The molecule has 12 nitrogen and oxygen atoms in total. The van der Waals surface area contributed by atoms with Crippen LogP contribution in [0.15, 0.2) is 4.99 Å². The van der Waals surface area contributed by atoms with Crippen molar-refractivity contribution in [2.45, 2.75) is 54.0 Å². The minimum Gasteiger partial charge on any atom is -0.388 e. The molecule has 5 aliphatic rings. The number of nitrogens with two attached hydrogens (primary N) is 1. The van der Waals surface area contributed by atoms with Gasteiger partial charge in [0.15, 0.2) is 30.2 Å². The fourth-order valence-corrected chi connectivity index (χ4v) is 4.29. The lowest BCUT2D eigenvalue weighted by Crippen LogP contribution is -2.96. The summed E-state index contributed by atoms with van der Waals surface area (Å²) in [4.78, 5) is 3.64. The summed E-state index contributed by atoms with van der Waals surface area (Å²) in [5.41, 5.74) is 1.10. The Hall–Kier alpha value is -1.09. The van der Waals surface area contributed by atoms with Crippen molar-refractivity contribution in [2.75, 3.05) is 0 Å². The minimum atomic E-state index is -2.64. The molecule has 0 aromatic rings. The second-order valence-electron chi connectivity index (χ2n) is 6.33. The van der Waals surface area contributed by atoms with Crippen LogP contribution in [-0.4, -0.2) is 95.8 Å². The van der Waals surface area contributed by atoms with Crippen molar-refractivity contribution in [1.82, 2.24) is 5.32 Å². The third-order valence-electron chi connectivity index (χ3n) is 5.31. The number of aliphatic imine (C=N–C) groups is 1. The van der Waals surface area contributed by atoms with Crippen LogP contribution in [0.25, 0.3) is 0 Å². The molecule has 4 fully saturated rings. The van der Waals surface area contributed by atoms with E-state index >= 15 is 0 Å². The lowest BCUT2D eigenvalue weighted by molar-refractivity contribution is -0.557. The Morgan fingerprint density at radius 1 is 1.13 bits per heavy atom. The zero-order valence-electron chi connectivity index (χ0n) is 11.5. The molecule has 0 aromatic carbocycles. The van der Waals surface area contributed by atoms with Gasteiger partial charge < -0.3 is 56.3 Å². The van der Waals surface area contributed by atoms with Gasteiger partial charge in [-0.2, -0.15) is 0 Å². The van der Waals surface area contributed by atoms with Gasteiger partial charge in [0.1, 0.15) is 23.9 Å². The van der Waals surface area contributed by atoms with Crippen LogP contribution < -0.4 is 11.1 Å². The summed E-state index contributed by atoms with van der Waals surface area (Å²) in [7, 11) is 0. The van der Waals surface area contributed by atoms with Gasteiger partial charge in [0.2, 0.25) is 0 Å². The Balaban J connectivity index is 1.95. The molecule has 1 aliphatic carbocycles. The topological polar surface area (TPSA) is 210 Å². The quantitative estimate of drug-likeness (QED) is 0.206. The Morgan fingerprint density at radius 2 is 1.74 bits per heavy atom. The van der Waals surface area contributed by atoms with E-state index in [1.54, 1.807) is 0 Å². The zero-order chi connectivity index (χ0) is 16.9. The van der Waals surface area contributed by atoms with Crippen LogP contribution in [0, 0.1) is 5.92 Å². The SMILES string of the molecule is NC1=N[C@H](O)[C@@H]2[C@H]3O[C@]4(O)O[C@@H]([C@@H](O)[C@@]2(N1)[C@@H]4O)[C@]3(O)C(O)O. The van der Waals surface area contributed by atoms with Crippen molar-refractivity contribution >= 4 is 5.96 Å². The molecule has 0 amide bonds. The average Bonchev–Trinajstić information content (AvgIpc) is 2.44. The van der Waals surface area contributed by atoms with E-state index in [2.05, 4.69) is 10.3 Å². The van der Waals surface area contributed by atoms with E-state index in [-0.39, 0.29) is 5.96 Å². The largest absolute Gasteiger partial charge is 0.388 e. The van der Waals surface area contributed by atoms with Crippen LogP contribution >= 0.6 is 0 Å². The average molecular weight is 335 g/mol. The number of nitrogens with one attached hydrogen (secondary N) is 1. The van der Waals surface area contributed by atoms with E-state index in [0.717, 1.165) is 0 Å². The fraction of sp³-hybridized carbons (Fsp3) is 0.909. The molecule has 1 saturated carbocycles. The summed E-state index contributed by atoms with van der Waals surface area (Å²) >= 11 is 0. The number of guanidine groups is 1. The van der Waals surface area contributed by atoms with E-state index in [0.29, 0.717) is 0 Å². The Bertz CT molecular complexity index is 589. The van der Waals surface area contributed by atoms with Gasteiger partial charge in [-0.1, -0.05) is 0 Å². The van der Waals surface area contributed by atoms with Gasteiger partial charge in [-0.25, -0.2) is 4.99 Å². The van der Waals surface area contributed by atoms with Gasteiger partial charge in [-0.3, -0.25) is 0 Å². The van der Waals surface area contributed by atoms with Crippen LogP contribution in [0.3, 0.4) is 0 Å². The van der Waals surface area contributed by atoms with Gasteiger partial charge in [-0.15, -0.1) is 0 Å². The van der Waals surface area contributed by atoms with Crippen molar-refractivity contribution in [3.8, 4) is 0 Å². The molecule has 12 heteroatoms. The third kappa shape index (κ3) is 1.45. The van der Waals surface area contributed by atoms with Crippen LogP contribution in [0.4, 0.5) is 0 Å². The first-order chi connectivity index (χ1) is 10.6. The molecular formula is C11H17N3O9.